The molecule has 0 bridgehead atoms. The first-order chi connectivity index (χ1) is 25.3. The van der Waals surface area contributed by atoms with Gasteiger partial charge in [0.1, 0.15) is 0 Å². The van der Waals surface area contributed by atoms with Crippen LogP contribution < -0.4 is 0 Å². The van der Waals surface area contributed by atoms with E-state index in [0.29, 0.717) is 6.04 Å². The molecule has 0 radical (unpaired) electrons. The molecule has 0 spiro atoms. The van der Waals surface area contributed by atoms with Crippen LogP contribution >= 0.6 is 0 Å². The van der Waals surface area contributed by atoms with E-state index >= 15 is 0 Å². The number of nitrogens with zero attached hydrogens (tertiary/aromatic N) is 2. The Bertz CT molecular complexity index is 748. The zero-order valence-corrected chi connectivity index (χ0v) is 34.7. The van der Waals surface area contributed by atoms with Gasteiger partial charge in [-0.15, -0.1) is 0 Å². The van der Waals surface area contributed by atoms with Crippen molar-refractivity contribution in [2.75, 3.05) is 59.7 Å². The Kier molecular flexibility index (Phi) is 37.5. The van der Waals surface area contributed by atoms with Crippen LogP contribution in [-0.4, -0.2) is 75.5 Å². The molecule has 298 valence electrons. The Labute approximate surface area is 320 Å². The zero-order valence-electron chi connectivity index (χ0n) is 34.7. The first-order valence-corrected chi connectivity index (χ1v) is 22.5. The second-order valence-corrected chi connectivity index (χ2v) is 15.4. The summed E-state index contributed by atoms with van der Waals surface area (Å²) in [7, 11) is 2.28. The van der Waals surface area contributed by atoms with Gasteiger partial charge < -0.3 is 14.4 Å². The summed E-state index contributed by atoms with van der Waals surface area (Å²) >= 11 is 0. The molecule has 0 atom stereocenters. The summed E-state index contributed by atoms with van der Waals surface area (Å²) in [4.78, 5) is 5.14. The van der Waals surface area contributed by atoms with Gasteiger partial charge in [0.05, 0.1) is 19.3 Å². The van der Waals surface area contributed by atoms with Crippen molar-refractivity contribution in [2.45, 2.75) is 193 Å². The Balaban J connectivity index is 2.09. The number of hydrogen-bond donors (Lipinski definition) is 0. The Morgan fingerprint density at radius 2 is 0.882 bits per heavy atom. The van der Waals surface area contributed by atoms with Crippen molar-refractivity contribution in [1.29, 1.82) is 0 Å². The van der Waals surface area contributed by atoms with Crippen molar-refractivity contribution in [1.82, 2.24) is 9.80 Å². The van der Waals surface area contributed by atoms with Gasteiger partial charge in [0.2, 0.25) is 0 Å². The van der Waals surface area contributed by atoms with Crippen LogP contribution in [0.15, 0.2) is 48.6 Å². The van der Waals surface area contributed by atoms with Crippen LogP contribution in [0.25, 0.3) is 0 Å². The summed E-state index contributed by atoms with van der Waals surface area (Å²) in [6, 6.07) is 0.359. The number of allylic oxidation sites excluding steroid dienone is 8. The van der Waals surface area contributed by atoms with Crippen molar-refractivity contribution < 1.29 is 9.47 Å². The summed E-state index contributed by atoms with van der Waals surface area (Å²) in [5.41, 5.74) is 0. The van der Waals surface area contributed by atoms with E-state index in [1.165, 1.54) is 180 Å². The average Bonchev–Trinajstić information content (AvgIpc) is 3.66. The van der Waals surface area contributed by atoms with Crippen molar-refractivity contribution in [2.24, 2.45) is 0 Å². The van der Waals surface area contributed by atoms with E-state index in [9.17, 15) is 0 Å². The maximum absolute atomic E-state index is 6.25. The number of unbranched alkanes of at least 4 members (excludes halogenated alkanes) is 18. The SMILES string of the molecule is CCCCCC=CCC=CCCCCCCCCOCC(COCCCCCCCCC=CCC=CCCCCC)N(C)CCCN1CCCC1. The fraction of sp³-hybridized carbons (Fsp3) is 0.830. The topological polar surface area (TPSA) is 24.9 Å². The highest BCUT2D eigenvalue weighted by atomic mass is 16.5. The van der Waals surface area contributed by atoms with E-state index < -0.39 is 0 Å². The number of rotatable bonds is 39. The van der Waals surface area contributed by atoms with Crippen LogP contribution in [-0.2, 0) is 9.47 Å². The molecule has 0 unspecified atom stereocenters. The number of likely N-dealkylation sites (N-methyl/N-ethyl adjacent to an activating group) is 1. The minimum Gasteiger partial charge on any atom is -0.380 e. The fourth-order valence-electron chi connectivity index (χ4n) is 6.86. The molecule has 0 aromatic carbocycles. The van der Waals surface area contributed by atoms with Gasteiger partial charge in [0.25, 0.3) is 0 Å². The van der Waals surface area contributed by atoms with E-state index in [2.05, 4.69) is 79.3 Å². The summed E-state index contributed by atoms with van der Waals surface area (Å²) in [6.07, 6.45) is 53.7. The van der Waals surface area contributed by atoms with E-state index in [1.807, 2.05) is 0 Å². The normalized spacial score (nSPS) is 15.0. The van der Waals surface area contributed by atoms with Gasteiger partial charge in [-0.05, 0) is 130 Å². The van der Waals surface area contributed by atoms with E-state index in [-0.39, 0.29) is 0 Å². The molecule has 1 fully saturated rings. The minimum absolute atomic E-state index is 0.359. The molecule has 1 saturated heterocycles. The summed E-state index contributed by atoms with van der Waals surface area (Å²) in [6.45, 7) is 12.9. The van der Waals surface area contributed by atoms with Gasteiger partial charge >= 0.3 is 0 Å². The number of ether oxygens (including phenoxy) is 2. The molecular formula is C47H88N2O2. The van der Waals surface area contributed by atoms with Crippen LogP contribution in [0.3, 0.4) is 0 Å². The molecule has 0 aliphatic carbocycles. The molecule has 1 heterocycles. The molecule has 51 heavy (non-hydrogen) atoms. The maximum Gasteiger partial charge on any atom is 0.0644 e. The second kappa shape index (κ2) is 40.0. The molecule has 0 aromatic rings. The molecule has 1 aliphatic heterocycles. The van der Waals surface area contributed by atoms with Gasteiger partial charge in [-0.3, -0.25) is 4.90 Å². The van der Waals surface area contributed by atoms with Crippen molar-refractivity contribution in [3.05, 3.63) is 48.6 Å². The standard InChI is InChI=1S/C47H88N2O2/c1-4-6-8-10-12-14-16-18-20-22-24-26-28-30-32-36-43-50-45-47(48(3)39-38-42-49-40-34-35-41-49)46-51-44-37-33-31-29-27-25-23-21-19-17-15-13-11-9-7-5-2/h12-15,18-21,47H,4-11,16-17,22-46H2,1-3H3. The van der Waals surface area contributed by atoms with Crippen LogP contribution in [0.1, 0.15) is 187 Å². The lowest BCUT2D eigenvalue weighted by Gasteiger charge is -2.28. The molecule has 4 heteroatoms. The van der Waals surface area contributed by atoms with Crippen LogP contribution in [0, 0.1) is 0 Å². The lowest BCUT2D eigenvalue weighted by Crippen LogP contribution is -2.41. The van der Waals surface area contributed by atoms with Gasteiger partial charge in [0, 0.05) is 13.2 Å². The highest BCUT2D eigenvalue weighted by molar-refractivity contribution is 4.93. The molecule has 0 N–H and O–H groups in total. The largest absolute Gasteiger partial charge is 0.380 e. The molecule has 4 nitrogen and oxygen atoms in total. The maximum atomic E-state index is 6.25. The molecule has 0 aromatic heterocycles. The van der Waals surface area contributed by atoms with Crippen molar-refractivity contribution >= 4 is 0 Å². The highest BCUT2D eigenvalue weighted by Crippen LogP contribution is 2.12. The van der Waals surface area contributed by atoms with Crippen molar-refractivity contribution in [3.8, 4) is 0 Å². The van der Waals surface area contributed by atoms with Crippen molar-refractivity contribution in [3.63, 3.8) is 0 Å². The summed E-state index contributed by atoms with van der Waals surface area (Å²) in [5, 5.41) is 0. The Morgan fingerprint density at radius 3 is 1.31 bits per heavy atom. The molecular weight excluding hydrogens is 625 g/mol. The van der Waals surface area contributed by atoms with E-state index in [4.69, 9.17) is 9.47 Å². The third-order valence-corrected chi connectivity index (χ3v) is 10.4. The summed E-state index contributed by atoms with van der Waals surface area (Å²) in [5.74, 6) is 0. The first-order valence-electron chi connectivity index (χ1n) is 22.5. The lowest BCUT2D eigenvalue weighted by molar-refractivity contribution is 0.0110. The second-order valence-electron chi connectivity index (χ2n) is 15.4. The number of hydrogen-bond acceptors (Lipinski definition) is 4. The van der Waals surface area contributed by atoms with Crippen LogP contribution in [0.2, 0.25) is 0 Å². The van der Waals surface area contributed by atoms with Gasteiger partial charge in [-0.1, -0.05) is 140 Å². The fourth-order valence-corrected chi connectivity index (χ4v) is 6.86. The van der Waals surface area contributed by atoms with Crippen LogP contribution in [0.4, 0.5) is 0 Å². The average molecular weight is 713 g/mol. The molecule has 0 saturated carbocycles. The predicted octanol–water partition coefficient (Wildman–Crippen LogP) is 13.4. The Hall–Kier alpha value is -1.20. The Morgan fingerprint density at radius 1 is 0.490 bits per heavy atom. The smallest absolute Gasteiger partial charge is 0.0644 e. The molecule has 0 amide bonds. The van der Waals surface area contributed by atoms with Gasteiger partial charge in [-0.25, -0.2) is 0 Å². The quantitative estimate of drug-likeness (QED) is 0.0468. The summed E-state index contributed by atoms with van der Waals surface area (Å²) < 4.78 is 12.5. The lowest BCUT2D eigenvalue weighted by atomic mass is 10.1. The molecule has 1 aliphatic rings. The third kappa shape index (κ3) is 34.3. The van der Waals surface area contributed by atoms with Gasteiger partial charge in [-0.2, -0.15) is 0 Å². The van der Waals surface area contributed by atoms with E-state index in [0.717, 1.165) is 45.8 Å². The van der Waals surface area contributed by atoms with E-state index in [1.54, 1.807) is 0 Å². The zero-order chi connectivity index (χ0) is 36.6. The third-order valence-electron chi connectivity index (χ3n) is 10.4. The monoisotopic (exact) mass is 713 g/mol. The highest BCUT2D eigenvalue weighted by Gasteiger charge is 2.17. The first kappa shape index (κ1) is 47.8. The van der Waals surface area contributed by atoms with Crippen LogP contribution in [0.5, 0.6) is 0 Å². The van der Waals surface area contributed by atoms with Gasteiger partial charge in [0.15, 0.2) is 0 Å². The minimum atomic E-state index is 0.359. The number of likely N-dealkylation sites (tertiary alicyclic amines) is 1. The molecule has 1 rings (SSSR count). The predicted molar refractivity (Wildman–Crippen MR) is 227 cm³/mol.